The van der Waals surface area contributed by atoms with Crippen LogP contribution in [0.25, 0.3) is 0 Å². The first kappa shape index (κ1) is 26.0. The van der Waals surface area contributed by atoms with Gasteiger partial charge in [0.25, 0.3) is 0 Å². The molecule has 0 bridgehead atoms. The van der Waals surface area contributed by atoms with Crippen molar-refractivity contribution in [2.24, 2.45) is 0 Å². The Balaban J connectivity index is 0.00000216. The third-order valence-corrected chi connectivity index (χ3v) is 5.54. The molecule has 34 heavy (non-hydrogen) atoms. The Kier molecular flexibility index (Phi) is 7.60. The van der Waals surface area contributed by atoms with Crippen LogP contribution in [0.5, 0.6) is 0 Å². The summed E-state index contributed by atoms with van der Waals surface area (Å²) in [6.07, 6.45) is -3.29. The van der Waals surface area contributed by atoms with Crippen LogP contribution in [0.15, 0.2) is 72.8 Å². The fourth-order valence-electron chi connectivity index (χ4n) is 4.46. The molecule has 0 heterocycles. The van der Waals surface area contributed by atoms with Crippen LogP contribution in [0.2, 0.25) is 0 Å². The van der Waals surface area contributed by atoms with Crippen molar-refractivity contribution < 1.29 is 66.1 Å². The molecular weight excluding hydrogens is 474 g/mol. The van der Waals surface area contributed by atoms with E-state index in [1.165, 1.54) is 0 Å². The Morgan fingerprint density at radius 2 is 0.471 bits per heavy atom. The average molecular weight is 487 g/mol. The van der Waals surface area contributed by atoms with Crippen LogP contribution in [0.3, 0.4) is 0 Å². The predicted octanol–water partition coefficient (Wildman–Crippen LogP) is 1.29. The summed E-state index contributed by atoms with van der Waals surface area (Å²) in [4.78, 5) is 0. The molecule has 0 N–H and O–H groups in total. The van der Waals surface area contributed by atoms with Crippen molar-refractivity contribution in [2.45, 2.75) is 0 Å². The van der Waals surface area contributed by atoms with Gasteiger partial charge in [-0.05, 0) is 0 Å². The molecule has 0 aliphatic rings. The zero-order chi connectivity index (χ0) is 23.9. The SMILES string of the molecule is Fc1cc(F)cc([B-](c2cc(F)cc(F)c2)(c2cc(F)cc(F)c2)c2cc(F)cc(F)c2)c1.[H-].[Na+]. The number of hydrogen-bond donors (Lipinski definition) is 0. The van der Waals surface area contributed by atoms with E-state index in [2.05, 4.69) is 0 Å². The van der Waals surface area contributed by atoms with Gasteiger partial charge in [-0.15, -0.1) is 0 Å². The van der Waals surface area contributed by atoms with E-state index >= 15 is 0 Å². The van der Waals surface area contributed by atoms with Gasteiger partial charge in [-0.2, -0.15) is 21.9 Å². The summed E-state index contributed by atoms with van der Waals surface area (Å²) in [6.45, 7) is 0. The summed E-state index contributed by atoms with van der Waals surface area (Å²) in [5.74, 6) is -8.99. The maximum atomic E-state index is 14.3. The summed E-state index contributed by atoms with van der Waals surface area (Å²) in [7, 11) is 0. The number of hydrogen-bond acceptors (Lipinski definition) is 0. The fraction of sp³-hybridized carbons (Fsp3) is 0. The van der Waals surface area contributed by atoms with Gasteiger partial charge in [-0.1, -0.05) is 48.5 Å². The van der Waals surface area contributed by atoms with Crippen molar-refractivity contribution in [2.75, 3.05) is 0 Å². The van der Waals surface area contributed by atoms with E-state index in [-0.39, 0.29) is 52.8 Å². The second-order valence-corrected chi connectivity index (χ2v) is 7.68. The standard InChI is InChI=1S/C24H12BF8.Na.H/c26-17-1-13(2-18(27)9-17)25(14-3-19(28)10-20(29)4-14,15-5-21(30)11-22(31)6-15)16-7-23(32)12-24(33)8-16;;/h1-12H;;/q-1;+1;-1. The summed E-state index contributed by atoms with van der Waals surface area (Å²) in [5.41, 5.74) is -1.42. The average Bonchev–Trinajstić information content (AvgIpc) is 2.65. The van der Waals surface area contributed by atoms with E-state index < -0.39 is 52.7 Å². The van der Waals surface area contributed by atoms with Crippen molar-refractivity contribution >= 4 is 28.0 Å². The molecule has 10 heteroatoms. The molecule has 0 aliphatic heterocycles. The molecule has 170 valence electrons. The third kappa shape index (κ3) is 4.92. The molecule has 0 spiro atoms. The molecule has 4 aromatic rings. The van der Waals surface area contributed by atoms with Crippen LogP contribution in [0.4, 0.5) is 35.1 Å². The molecule has 0 fully saturated rings. The van der Waals surface area contributed by atoms with Gasteiger partial charge in [0, 0.05) is 24.3 Å². The molecule has 0 unspecified atom stereocenters. The zero-order valence-electron chi connectivity index (χ0n) is 18.5. The summed E-state index contributed by atoms with van der Waals surface area (Å²) in [6, 6.07) is 8.24. The minimum absolute atomic E-state index is 0. The van der Waals surface area contributed by atoms with E-state index in [1.54, 1.807) is 0 Å². The number of benzene rings is 4. The van der Waals surface area contributed by atoms with Gasteiger partial charge in [0.2, 0.25) is 0 Å². The van der Waals surface area contributed by atoms with E-state index in [9.17, 15) is 35.1 Å². The molecule has 4 rings (SSSR count). The van der Waals surface area contributed by atoms with Gasteiger partial charge in [-0.25, -0.2) is 35.1 Å². The Hall–Kier alpha value is -2.62. The number of halogens is 8. The predicted molar refractivity (Wildman–Crippen MR) is 111 cm³/mol. The Morgan fingerprint density at radius 1 is 0.324 bits per heavy atom. The van der Waals surface area contributed by atoms with Gasteiger partial charge in [-0.3, -0.25) is 0 Å². The van der Waals surface area contributed by atoms with Crippen molar-refractivity contribution in [1.82, 2.24) is 0 Å². The van der Waals surface area contributed by atoms with Gasteiger partial charge >= 0.3 is 29.6 Å². The minimum atomic E-state index is -3.29. The first-order valence-corrected chi connectivity index (χ1v) is 9.59. The van der Waals surface area contributed by atoms with Crippen molar-refractivity contribution in [1.29, 1.82) is 0 Å². The van der Waals surface area contributed by atoms with Crippen LogP contribution in [0.1, 0.15) is 1.43 Å². The largest absolute Gasteiger partial charge is 1.00 e. The Labute approximate surface area is 212 Å². The molecule has 4 aromatic carbocycles. The monoisotopic (exact) mass is 487 g/mol. The molecular formula is C24H13BF8Na-. The molecule has 0 saturated carbocycles. The first-order valence-electron chi connectivity index (χ1n) is 9.59. The van der Waals surface area contributed by atoms with E-state index in [4.69, 9.17) is 0 Å². The van der Waals surface area contributed by atoms with Gasteiger partial charge < -0.3 is 1.43 Å². The molecule has 0 saturated heterocycles. The van der Waals surface area contributed by atoms with Crippen LogP contribution in [-0.2, 0) is 0 Å². The topological polar surface area (TPSA) is 0 Å². The molecule has 0 amide bonds. The maximum absolute atomic E-state index is 14.3. The Morgan fingerprint density at radius 3 is 0.618 bits per heavy atom. The van der Waals surface area contributed by atoms with E-state index in [1.807, 2.05) is 0 Å². The zero-order valence-corrected chi connectivity index (χ0v) is 19.5. The normalized spacial score (nSPS) is 11.3. The summed E-state index contributed by atoms with van der Waals surface area (Å²) >= 11 is 0. The second-order valence-electron chi connectivity index (χ2n) is 7.68. The quantitative estimate of drug-likeness (QED) is 0.301. The molecule has 0 aromatic heterocycles. The van der Waals surface area contributed by atoms with Gasteiger partial charge in [0.05, 0.1) is 0 Å². The maximum Gasteiger partial charge on any atom is 1.00 e. The summed E-state index contributed by atoms with van der Waals surface area (Å²) < 4.78 is 114. The second kappa shape index (κ2) is 9.94. The molecule has 0 nitrogen and oxygen atoms in total. The van der Waals surface area contributed by atoms with Gasteiger partial charge in [0.1, 0.15) is 52.7 Å². The molecule has 0 atom stereocenters. The third-order valence-electron chi connectivity index (χ3n) is 5.54. The molecule has 0 radical (unpaired) electrons. The molecule has 0 aliphatic carbocycles. The smallest absolute Gasteiger partial charge is 1.00 e. The Bertz CT molecular complexity index is 1090. The first-order chi connectivity index (χ1) is 15.6. The minimum Gasteiger partial charge on any atom is -1.00 e. The van der Waals surface area contributed by atoms with E-state index in [0.717, 1.165) is 48.5 Å². The van der Waals surface area contributed by atoms with Crippen LogP contribution in [0, 0.1) is 46.5 Å². The van der Waals surface area contributed by atoms with Gasteiger partial charge in [0.15, 0.2) is 0 Å². The van der Waals surface area contributed by atoms with Crippen LogP contribution < -0.4 is 51.4 Å². The fourth-order valence-corrected chi connectivity index (χ4v) is 4.46. The van der Waals surface area contributed by atoms with Crippen molar-refractivity contribution in [3.63, 3.8) is 0 Å². The van der Waals surface area contributed by atoms with Crippen molar-refractivity contribution in [3.05, 3.63) is 119 Å². The van der Waals surface area contributed by atoms with Crippen LogP contribution >= 0.6 is 0 Å². The number of rotatable bonds is 4. The van der Waals surface area contributed by atoms with E-state index in [0.29, 0.717) is 24.3 Å². The van der Waals surface area contributed by atoms with Crippen LogP contribution in [-0.4, -0.2) is 6.15 Å². The summed E-state index contributed by atoms with van der Waals surface area (Å²) in [5, 5.41) is 0. The van der Waals surface area contributed by atoms with Crippen molar-refractivity contribution in [3.8, 4) is 0 Å².